The Hall–Kier alpha value is -1.35. The zero-order valence-electron chi connectivity index (χ0n) is 14.8. The summed E-state index contributed by atoms with van der Waals surface area (Å²) in [5.74, 6) is -0.268. The first kappa shape index (κ1) is 16.5. The van der Waals surface area contributed by atoms with Crippen LogP contribution in [-0.2, 0) is 4.79 Å². The van der Waals surface area contributed by atoms with Gasteiger partial charge in [0.25, 0.3) is 0 Å². The molecule has 3 aliphatic rings. The molecule has 1 saturated carbocycles. The lowest BCUT2D eigenvalue weighted by Gasteiger charge is -2.56. The maximum absolute atomic E-state index is 12.6. The Balaban J connectivity index is 2.22. The highest BCUT2D eigenvalue weighted by Gasteiger charge is 2.55. The highest BCUT2D eigenvalue weighted by atomic mass is 16.3. The largest absolute Gasteiger partial charge is 0.504 e. The lowest BCUT2D eigenvalue weighted by molar-refractivity contribution is -0.115. The molecule has 0 saturated heterocycles. The molecule has 1 fully saturated rings. The van der Waals surface area contributed by atoms with Crippen LogP contribution in [0, 0.1) is 22.7 Å². The molecule has 0 aromatic rings. The van der Waals surface area contributed by atoms with E-state index < -0.39 is 6.10 Å². The molecule has 23 heavy (non-hydrogen) atoms. The fraction of sp³-hybridized carbons (Fsp3) is 0.650. The van der Waals surface area contributed by atoms with Crippen molar-refractivity contribution < 1.29 is 15.0 Å². The third-order valence-electron chi connectivity index (χ3n) is 6.24. The Morgan fingerprint density at radius 2 is 1.87 bits per heavy atom. The normalized spacial score (nSPS) is 36.4. The van der Waals surface area contributed by atoms with Crippen molar-refractivity contribution in [2.75, 3.05) is 0 Å². The van der Waals surface area contributed by atoms with E-state index in [1.807, 2.05) is 26.0 Å². The fourth-order valence-electron chi connectivity index (χ4n) is 5.34. The van der Waals surface area contributed by atoms with Crippen LogP contribution in [0.3, 0.4) is 0 Å². The van der Waals surface area contributed by atoms with Crippen LogP contribution in [0.4, 0.5) is 0 Å². The topological polar surface area (TPSA) is 57.5 Å². The van der Waals surface area contributed by atoms with Gasteiger partial charge in [-0.25, -0.2) is 0 Å². The molecule has 3 atom stereocenters. The third kappa shape index (κ3) is 2.24. The Labute approximate surface area is 138 Å². The molecule has 3 rings (SSSR count). The molecule has 2 N–H and O–H groups in total. The molecule has 0 heterocycles. The third-order valence-corrected chi connectivity index (χ3v) is 6.24. The predicted octanol–water partition coefficient (Wildman–Crippen LogP) is 4.10. The van der Waals surface area contributed by atoms with E-state index in [2.05, 4.69) is 20.8 Å². The van der Waals surface area contributed by atoms with E-state index >= 15 is 0 Å². The van der Waals surface area contributed by atoms with Crippen molar-refractivity contribution in [3.05, 3.63) is 34.6 Å². The highest BCUT2D eigenvalue weighted by molar-refractivity contribution is 6.10. The summed E-state index contributed by atoms with van der Waals surface area (Å²) in [4.78, 5) is 12.6. The van der Waals surface area contributed by atoms with Gasteiger partial charge in [0.05, 0.1) is 6.10 Å². The Bertz CT molecular complexity index is 648. The number of carbonyl (C=O) groups excluding carboxylic acids is 1. The van der Waals surface area contributed by atoms with Crippen molar-refractivity contribution >= 4 is 5.78 Å². The summed E-state index contributed by atoms with van der Waals surface area (Å²) in [5, 5.41) is 21.5. The van der Waals surface area contributed by atoms with Crippen LogP contribution in [-0.4, -0.2) is 22.1 Å². The average molecular weight is 316 g/mol. The minimum atomic E-state index is -0.542. The summed E-state index contributed by atoms with van der Waals surface area (Å²) < 4.78 is 0. The SMILES string of the molecule is CC(C)C1=CC2=CC(O)C3C(C)(C)CCCC3(C)C2=C(O)C1=O. The molecule has 0 amide bonds. The van der Waals surface area contributed by atoms with Gasteiger partial charge >= 0.3 is 0 Å². The summed E-state index contributed by atoms with van der Waals surface area (Å²) in [5.41, 5.74) is 1.85. The number of aliphatic hydroxyl groups excluding tert-OH is 2. The molecular weight excluding hydrogens is 288 g/mol. The van der Waals surface area contributed by atoms with Gasteiger partial charge in [0.2, 0.25) is 5.78 Å². The summed E-state index contributed by atoms with van der Waals surface area (Å²) in [6.07, 6.45) is 6.19. The quantitative estimate of drug-likeness (QED) is 0.766. The number of aliphatic hydroxyl groups is 2. The van der Waals surface area contributed by atoms with Crippen LogP contribution in [0.5, 0.6) is 0 Å². The van der Waals surface area contributed by atoms with Crippen molar-refractivity contribution in [2.45, 2.75) is 60.0 Å². The minimum absolute atomic E-state index is 0.0199. The second-order valence-electron chi connectivity index (χ2n) is 8.66. The van der Waals surface area contributed by atoms with Gasteiger partial charge in [0.15, 0.2) is 5.76 Å². The van der Waals surface area contributed by atoms with Crippen molar-refractivity contribution in [1.29, 1.82) is 0 Å². The van der Waals surface area contributed by atoms with Gasteiger partial charge in [-0.3, -0.25) is 4.79 Å². The van der Waals surface area contributed by atoms with Crippen LogP contribution in [0.1, 0.15) is 53.9 Å². The summed E-state index contributed by atoms with van der Waals surface area (Å²) in [6, 6.07) is 0. The maximum atomic E-state index is 12.6. The average Bonchev–Trinajstić information content (AvgIpc) is 2.40. The Morgan fingerprint density at radius 3 is 2.48 bits per heavy atom. The van der Waals surface area contributed by atoms with Crippen molar-refractivity contribution in [3.63, 3.8) is 0 Å². The monoisotopic (exact) mass is 316 g/mol. The minimum Gasteiger partial charge on any atom is -0.504 e. The highest BCUT2D eigenvalue weighted by Crippen LogP contribution is 2.61. The van der Waals surface area contributed by atoms with Gasteiger partial charge < -0.3 is 10.2 Å². The number of hydrogen-bond acceptors (Lipinski definition) is 3. The first-order valence-corrected chi connectivity index (χ1v) is 8.70. The number of ketones is 1. The van der Waals surface area contributed by atoms with Crippen LogP contribution >= 0.6 is 0 Å². The van der Waals surface area contributed by atoms with Crippen LogP contribution in [0.15, 0.2) is 34.6 Å². The van der Waals surface area contributed by atoms with Gasteiger partial charge in [-0.05, 0) is 41.9 Å². The van der Waals surface area contributed by atoms with Crippen LogP contribution < -0.4 is 0 Å². The molecule has 0 spiro atoms. The van der Waals surface area contributed by atoms with Crippen molar-refractivity contribution in [3.8, 4) is 0 Å². The van der Waals surface area contributed by atoms with Gasteiger partial charge in [-0.2, -0.15) is 0 Å². The van der Waals surface area contributed by atoms with E-state index in [1.54, 1.807) is 0 Å². The van der Waals surface area contributed by atoms with Crippen molar-refractivity contribution in [1.82, 2.24) is 0 Å². The molecule has 0 radical (unpaired) electrons. The first-order valence-electron chi connectivity index (χ1n) is 8.70. The second kappa shape index (κ2) is 5.07. The number of hydrogen-bond donors (Lipinski definition) is 2. The van der Waals surface area contributed by atoms with E-state index in [0.717, 1.165) is 30.4 Å². The summed E-state index contributed by atoms with van der Waals surface area (Å²) in [6.45, 7) is 10.4. The molecule has 3 heteroatoms. The van der Waals surface area contributed by atoms with Crippen LogP contribution in [0.2, 0.25) is 0 Å². The maximum Gasteiger partial charge on any atom is 0.223 e. The van der Waals surface area contributed by atoms with Gasteiger partial charge in [0.1, 0.15) is 0 Å². The number of Topliss-reactive ketones (excluding diaryl/α,β-unsaturated/α-hetero) is 1. The molecule has 3 nitrogen and oxygen atoms in total. The standard InChI is InChI=1S/C20H28O3/c1-11(2)13-9-12-10-14(21)18-19(3,4)7-6-8-20(18,5)15(12)17(23)16(13)22/h9-11,14,18,21,23H,6-8H2,1-5H3. The molecule has 3 unspecified atom stereocenters. The fourth-order valence-corrected chi connectivity index (χ4v) is 5.34. The van der Waals surface area contributed by atoms with E-state index in [-0.39, 0.29) is 34.2 Å². The number of fused-ring (bicyclic) bond motifs is 3. The predicted molar refractivity (Wildman–Crippen MR) is 90.9 cm³/mol. The number of allylic oxidation sites excluding steroid dienone is 4. The van der Waals surface area contributed by atoms with Crippen LogP contribution in [0.25, 0.3) is 0 Å². The summed E-state index contributed by atoms with van der Waals surface area (Å²) >= 11 is 0. The summed E-state index contributed by atoms with van der Waals surface area (Å²) in [7, 11) is 0. The lowest BCUT2D eigenvalue weighted by atomic mass is 9.49. The molecular formula is C20H28O3. The Kier molecular flexibility index (Phi) is 3.64. The Morgan fingerprint density at radius 1 is 1.22 bits per heavy atom. The smallest absolute Gasteiger partial charge is 0.223 e. The molecule has 126 valence electrons. The van der Waals surface area contributed by atoms with Gasteiger partial charge in [-0.15, -0.1) is 0 Å². The molecule has 0 aromatic heterocycles. The van der Waals surface area contributed by atoms with E-state index in [4.69, 9.17) is 0 Å². The molecule has 3 aliphatic carbocycles. The molecule has 0 aliphatic heterocycles. The first-order chi connectivity index (χ1) is 10.6. The van der Waals surface area contributed by atoms with E-state index in [9.17, 15) is 15.0 Å². The zero-order chi connectivity index (χ0) is 17.2. The zero-order valence-corrected chi connectivity index (χ0v) is 14.8. The number of rotatable bonds is 1. The lowest BCUT2D eigenvalue weighted by Crippen LogP contribution is -2.52. The molecule has 0 bridgehead atoms. The van der Waals surface area contributed by atoms with Gasteiger partial charge in [0, 0.05) is 22.5 Å². The number of carbonyl (C=O) groups is 1. The van der Waals surface area contributed by atoms with E-state index in [1.165, 1.54) is 0 Å². The van der Waals surface area contributed by atoms with Gasteiger partial charge in [-0.1, -0.05) is 41.0 Å². The van der Waals surface area contributed by atoms with Crippen molar-refractivity contribution in [2.24, 2.45) is 22.7 Å². The second-order valence-corrected chi connectivity index (χ2v) is 8.66. The van der Waals surface area contributed by atoms with E-state index in [0.29, 0.717) is 5.57 Å². The molecule has 0 aromatic carbocycles.